The Morgan fingerprint density at radius 2 is 2.40 bits per heavy atom. The molecule has 0 aliphatic heterocycles. The first-order valence-corrected chi connectivity index (χ1v) is 3.83. The van der Waals surface area contributed by atoms with Gasteiger partial charge in [-0.25, -0.2) is 0 Å². The molecule has 0 bridgehead atoms. The third-order valence-electron chi connectivity index (χ3n) is 1.29. The van der Waals surface area contributed by atoms with E-state index in [0.717, 1.165) is 5.56 Å². The van der Waals surface area contributed by atoms with Gasteiger partial charge in [-0.1, -0.05) is 5.16 Å². The summed E-state index contributed by atoms with van der Waals surface area (Å²) in [6.07, 6.45) is 3.35. The molecular formula is C7H5NOS. The van der Waals surface area contributed by atoms with Crippen LogP contribution in [0.4, 0.5) is 0 Å². The summed E-state index contributed by atoms with van der Waals surface area (Å²) in [7, 11) is 0. The lowest BCUT2D eigenvalue weighted by Crippen LogP contribution is -1.62. The van der Waals surface area contributed by atoms with Crippen molar-refractivity contribution in [3.63, 3.8) is 0 Å². The van der Waals surface area contributed by atoms with E-state index in [2.05, 4.69) is 10.5 Å². The van der Waals surface area contributed by atoms with E-state index < -0.39 is 0 Å². The van der Waals surface area contributed by atoms with E-state index in [1.807, 2.05) is 11.4 Å². The van der Waals surface area contributed by atoms with Crippen LogP contribution in [0.2, 0.25) is 0 Å². The molecule has 0 aliphatic carbocycles. The average Bonchev–Trinajstić information content (AvgIpc) is 2.59. The summed E-state index contributed by atoms with van der Waals surface area (Å²) < 4.78 is 4.69. The Hall–Kier alpha value is -1.09. The fraction of sp³-hybridized carbons (Fsp3) is 0. The molecular weight excluding hydrogens is 146 g/mol. The van der Waals surface area contributed by atoms with Crippen LogP contribution in [0.15, 0.2) is 33.8 Å². The average molecular weight is 151 g/mol. The highest BCUT2D eigenvalue weighted by atomic mass is 32.1. The first-order valence-electron chi connectivity index (χ1n) is 2.89. The molecule has 0 aliphatic rings. The predicted octanol–water partition coefficient (Wildman–Crippen LogP) is 2.40. The van der Waals surface area contributed by atoms with Crippen molar-refractivity contribution in [3.8, 4) is 11.1 Å². The van der Waals surface area contributed by atoms with Crippen LogP contribution in [0, 0.1) is 0 Å². The lowest BCUT2D eigenvalue weighted by Gasteiger charge is -1.82. The number of thiophene rings is 1. The van der Waals surface area contributed by atoms with Gasteiger partial charge in [0.05, 0.1) is 6.20 Å². The maximum atomic E-state index is 4.69. The molecule has 2 nitrogen and oxygen atoms in total. The Morgan fingerprint density at radius 1 is 1.40 bits per heavy atom. The molecule has 0 unspecified atom stereocenters. The summed E-state index contributed by atoms with van der Waals surface area (Å²) in [6, 6.07) is 2.04. The van der Waals surface area contributed by atoms with Gasteiger partial charge >= 0.3 is 0 Å². The van der Waals surface area contributed by atoms with Crippen molar-refractivity contribution in [3.05, 3.63) is 29.3 Å². The second-order valence-corrected chi connectivity index (χ2v) is 2.71. The summed E-state index contributed by atoms with van der Waals surface area (Å²) in [5.41, 5.74) is 2.22. The SMILES string of the molecule is c1cc(-c2cnoc2)cs1. The molecule has 3 heteroatoms. The van der Waals surface area contributed by atoms with Crippen LogP contribution in [0.5, 0.6) is 0 Å². The summed E-state index contributed by atoms with van der Waals surface area (Å²) >= 11 is 1.67. The normalized spacial score (nSPS) is 10.0. The number of hydrogen-bond donors (Lipinski definition) is 0. The highest BCUT2D eigenvalue weighted by Crippen LogP contribution is 2.20. The zero-order chi connectivity index (χ0) is 6.81. The van der Waals surface area contributed by atoms with Crippen LogP contribution in [0.3, 0.4) is 0 Å². The van der Waals surface area contributed by atoms with Gasteiger partial charge < -0.3 is 4.52 Å². The third kappa shape index (κ3) is 0.844. The highest BCUT2D eigenvalue weighted by molar-refractivity contribution is 7.08. The molecule has 0 N–H and O–H groups in total. The Bertz CT molecular complexity index is 253. The van der Waals surface area contributed by atoms with E-state index in [0.29, 0.717) is 0 Å². The van der Waals surface area contributed by atoms with E-state index in [9.17, 15) is 0 Å². The Labute approximate surface area is 62.1 Å². The van der Waals surface area contributed by atoms with Crippen molar-refractivity contribution < 1.29 is 4.52 Å². The Balaban J connectivity index is 2.48. The maximum absolute atomic E-state index is 4.69. The first kappa shape index (κ1) is 5.68. The Morgan fingerprint density at radius 3 is 3.00 bits per heavy atom. The lowest BCUT2D eigenvalue weighted by molar-refractivity contribution is 0.420. The fourth-order valence-electron chi connectivity index (χ4n) is 0.776. The van der Waals surface area contributed by atoms with E-state index in [1.54, 1.807) is 23.8 Å². The van der Waals surface area contributed by atoms with Gasteiger partial charge in [0.2, 0.25) is 0 Å². The van der Waals surface area contributed by atoms with Crippen molar-refractivity contribution in [2.45, 2.75) is 0 Å². The molecule has 2 rings (SSSR count). The number of hydrogen-bond acceptors (Lipinski definition) is 3. The Kier molecular flexibility index (Phi) is 1.29. The fourth-order valence-corrected chi connectivity index (χ4v) is 1.44. The minimum Gasteiger partial charge on any atom is -0.364 e. The number of nitrogens with zero attached hydrogens (tertiary/aromatic N) is 1. The summed E-state index contributed by atoms with van der Waals surface area (Å²) in [5.74, 6) is 0. The van der Waals surface area contributed by atoms with Crippen molar-refractivity contribution in [2.24, 2.45) is 0 Å². The second-order valence-electron chi connectivity index (χ2n) is 1.93. The summed E-state index contributed by atoms with van der Waals surface area (Å²) in [4.78, 5) is 0. The summed E-state index contributed by atoms with van der Waals surface area (Å²) in [5, 5.41) is 7.70. The highest BCUT2D eigenvalue weighted by Gasteiger charge is 1.97. The molecule has 0 amide bonds. The van der Waals surface area contributed by atoms with Crippen LogP contribution < -0.4 is 0 Å². The standard InChI is InChI=1S/C7H5NOS/c1-2-10-5-6(1)7-3-8-9-4-7/h1-5H. The van der Waals surface area contributed by atoms with Gasteiger partial charge in [-0.3, -0.25) is 0 Å². The first-order chi connectivity index (χ1) is 4.97. The van der Waals surface area contributed by atoms with Gasteiger partial charge in [0.1, 0.15) is 6.26 Å². The molecule has 2 aromatic heterocycles. The zero-order valence-electron chi connectivity index (χ0n) is 5.15. The van der Waals surface area contributed by atoms with E-state index in [1.165, 1.54) is 5.56 Å². The molecule has 50 valence electrons. The molecule has 2 aromatic rings. The number of aromatic nitrogens is 1. The topological polar surface area (TPSA) is 26.0 Å². The lowest BCUT2D eigenvalue weighted by atomic mass is 10.2. The van der Waals surface area contributed by atoms with Crippen molar-refractivity contribution in [1.29, 1.82) is 0 Å². The number of rotatable bonds is 1. The quantitative estimate of drug-likeness (QED) is 0.625. The van der Waals surface area contributed by atoms with Gasteiger partial charge in [-0.15, -0.1) is 0 Å². The van der Waals surface area contributed by atoms with Gasteiger partial charge in [0, 0.05) is 5.56 Å². The van der Waals surface area contributed by atoms with Gasteiger partial charge in [0.15, 0.2) is 0 Å². The van der Waals surface area contributed by atoms with Gasteiger partial charge in [-0.05, 0) is 22.4 Å². The summed E-state index contributed by atoms with van der Waals surface area (Å²) in [6.45, 7) is 0. The van der Waals surface area contributed by atoms with Gasteiger partial charge in [0.25, 0.3) is 0 Å². The smallest absolute Gasteiger partial charge is 0.131 e. The minimum absolute atomic E-state index is 1.04. The molecule has 0 saturated heterocycles. The van der Waals surface area contributed by atoms with Crippen molar-refractivity contribution in [2.75, 3.05) is 0 Å². The maximum Gasteiger partial charge on any atom is 0.131 e. The van der Waals surface area contributed by atoms with E-state index >= 15 is 0 Å². The molecule has 0 atom stereocenters. The predicted molar refractivity (Wildman–Crippen MR) is 39.8 cm³/mol. The molecule has 2 heterocycles. The second kappa shape index (κ2) is 2.27. The van der Waals surface area contributed by atoms with Crippen LogP contribution in [-0.2, 0) is 0 Å². The van der Waals surface area contributed by atoms with Crippen LogP contribution in [-0.4, -0.2) is 5.16 Å². The van der Waals surface area contributed by atoms with Crippen LogP contribution in [0.25, 0.3) is 11.1 Å². The van der Waals surface area contributed by atoms with Gasteiger partial charge in [-0.2, -0.15) is 11.3 Å². The monoisotopic (exact) mass is 151 g/mol. The largest absolute Gasteiger partial charge is 0.364 e. The molecule has 10 heavy (non-hydrogen) atoms. The zero-order valence-corrected chi connectivity index (χ0v) is 5.97. The molecule has 0 saturated carbocycles. The minimum atomic E-state index is 1.04. The molecule has 0 fully saturated rings. The molecule has 0 radical (unpaired) electrons. The van der Waals surface area contributed by atoms with Crippen molar-refractivity contribution in [1.82, 2.24) is 5.16 Å². The third-order valence-corrected chi connectivity index (χ3v) is 1.97. The van der Waals surface area contributed by atoms with Crippen molar-refractivity contribution >= 4 is 11.3 Å². The van der Waals surface area contributed by atoms with Crippen LogP contribution >= 0.6 is 11.3 Å². The van der Waals surface area contributed by atoms with E-state index in [-0.39, 0.29) is 0 Å². The van der Waals surface area contributed by atoms with Crippen LogP contribution in [0.1, 0.15) is 0 Å². The van der Waals surface area contributed by atoms with E-state index in [4.69, 9.17) is 4.52 Å². The molecule has 0 aromatic carbocycles. The molecule has 0 spiro atoms.